The van der Waals surface area contributed by atoms with Gasteiger partial charge < -0.3 is 20.1 Å². The number of nitrogens with zero attached hydrogens (tertiary/aromatic N) is 6. The second-order valence-electron chi connectivity index (χ2n) is 9.10. The van der Waals surface area contributed by atoms with Crippen LogP contribution in [0, 0.1) is 0 Å². The first-order valence-electron chi connectivity index (χ1n) is 12.1. The van der Waals surface area contributed by atoms with E-state index in [4.69, 9.17) is 4.98 Å². The molecule has 1 saturated heterocycles. The molecule has 5 heterocycles. The average molecular weight is 482 g/mol. The van der Waals surface area contributed by atoms with Crippen LogP contribution in [0.4, 0.5) is 11.5 Å². The summed E-state index contributed by atoms with van der Waals surface area (Å²) in [5.74, 6) is 1.55. The third-order valence-corrected chi connectivity index (χ3v) is 6.65. The largest absolute Gasteiger partial charge is 0.352 e. The van der Waals surface area contributed by atoms with Gasteiger partial charge in [-0.3, -0.25) is 14.9 Å². The van der Waals surface area contributed by atoms with E-state index >= 15 is 0 Å². The second-order valence-corrected chi connectivity index (χ2v) is 9.10. The van der Waals surface area contributed by atoms with Gasteiger partial charge in [0.1, 0.15) is 11.2 Å². The Morgan fingerprint density at radius 1 is 1.06 bits per heavy atom. The number of fused-ring (bicyclic) bond motifs is 2. The lowest BCUT2D eigenvalue weighted by molar-refractivity contribution is -0.115. The van der Waals surface area contributed by atoms with Crippen molar-refractivity contribution in [2.45, 2.75) is 13.3 Å². The van der Waals surface area contributed by atoms with E-state index in [2.05, 4.69) is 53.4 Å². The number of nitrogens with one attached hydrogen (secondary N) is 3. The van der Waals surface area contributed by atoms with E-state index in [1.807, 2.05) is 37.4 Å². The third-order valence-electron chi connectivity index (χ3n) is 6.65. The fourth-order valence-electron chi connectivity index (χ4n) is 4.57. The molecule has 182 valence electrons. The first-order valence-corrected chi connectivity index (χ1v) is 12.1. The van der Waals surface area contributed by atoms with E-state index in [1.165, 1.54) is 0 Å². The van der Waals surface area contributed by atoms with Gasteiger partial charge in [0.15, 0.2) is 11.6 Å². The average Bonchev–Trinajstić information content (AvgIpc) is 3.53. The predicted molar refractivity (Wildman–Crippen MR) is 141 cm³/mol. The van der Waals surface area contributed by atoms with Gasteiger partial charge in [-0.25, -0.2) is 9.97 Å². The van der Waals surface area contributed by atoms with Gasteiger partial charge in [0.25, 0.3) is 0 Å². The number of likely N-dealkylation sites (N-methyl/N-ethyl adjacent to an activating group) is 1. The number of aromatic amines is 2. The summed E-state index contributed by atoms with van der Waals surface area (Å²) in [6.45, 7) is 5.67. The molecular formula is C26H27N9O. The van der Waals surface area contributed by atoms with Crippen LogP contribution in [0.15, 0.2) is 48.9 Å². The Labute approximate surface area is 207 Å². The molecule has 10 heteroatoms. The maximum absolute atomic E-state index is 11.8. The lowest BCUT2D eigenvalue weighted by atomic mass is 10.0. The number of hydrogen-bond acceptors (Lipinski definition) is 7. The molecule has 5 aromatic rings. The van der Waals surface area contributed by atoms with Crippen LogP contribution < -0.4 is 10.2 Å². The topological polar surface area (TPSA) is 119 Å². The SMILES string of the molecule is CCC(=O)Nc1cncc(-c2ccc3[nH]nc(-c4nc5c(N6CCN(C)CC6)nccc5[nH]4)c3c2)c1. The molecule has 0 aliphatic carbocycles. The number of carbonyl (C=O) groups excluding carboxylic acids is 1. The molecule has 3 N–H and O–H groups in total. The normalized spacial score (nSPS) is 14.6. The third kappa shape index (κ3) is 4.05. The minimum Gasteiger partial charge on any atom is -0.352 e. The Balaban J connectivity index is 1.38. The molecule has 0 saturated carbocycles. The van der Waals surface area contributed by atoms with Crippen molar-refractivity contribution < 1.29 is 4.79 Å². The number of imidazole rings is 1. The number of hydrogen-bond donors (Lipinski definition) is 3. The molecule has 10 nitrogen and oxygen atoms in total. The summed E-state index contributed by atoms with van der Waals surface area (Å²) in [6, 6.07) is 9.96. The van der Waals surface area contributed by atoms with Gasteiger partial charge in [0.05, 0.1) is 22.9 Å². The van der Waals surface area contributed by atoms with Crippen molar-refractivity contribution in [3.05, 3.63) is 48.9 Å². The summed E-state index contributed by atoms with van der Waals surface area (Å²) in [7, 11) is 2.14. The number of benzene rings is 1. The van der Waals surface area contributed by atoms with Crippen LogP contribution in [0.5, 0.6) is 0 Å². The molecule has 0 atom stereocenters. The van der Waals surface area contributed by atoms with E-state index in [0.717, 1.165) is 70.8 Å². The van der Waals surface area contributed by atoms with Crippen LogP contribution in [-0.2, 0) is 4.79 Å². The number of anilines is 2. The number of aromatic nitrogens is 6. The highest BCUT2D eigenvalue weighted by Gasteiger charge is 2.21. The second kappa shape index (κ2) is 9.04. The van der Waals surface area contributed by atoms with Crippen molar-refractivity contribution in [1.29, 1.82) is 0 Å². The summed E-state index contributed by atoms with van der Waals surface area (Å²) in [4.78, 5) is 33.8. The maximum Gasteiger partial charge on any atom is 0.224 e. The number of H-pyrrole nitrogens is 2. The van der Waals surface area contributed by atoms with Crippen molar-refractivity contribution in [2.24, 2.45) is 0 Å². The number of amides is 1. The molecule has 0 unspecified atom stereocenters. The van der Waals surface area contributed by atoms with Crippen molar-refractivity contribution >= 4 is 39.3 Å². The first-order chi connectivity index (χ1) is 17.6. The lowest BCUT2D eigenvalue weighted by Crippen LogP contribution is -2.44. The van der Waals surface area contributed by atoms with E-state index in [9.17, 15) is 4.79 Å². The van der Waals surface area contributed by atoms with E-state index in [0.29, 0.717) is 17.9 Å². The molecular weight excluding hydrogens is 454 g/mol. The monoisotopic (exact) mass is 481 g/mol. The first kappa shape index (κ1) is 22.2. The molecule has 0 radical (unpaired) electrons. The summed E-state index contributed by atoms with van der Waals surface area (Å²) in [6.07, 6.45) is 5.69. The highest BCUT2D eigenvalue weighted by molar-refractivity contribution is 5.97. The molecule has 6 rings (SSSR count). The Morgan fingerprint density at radius 3 is 2.75 bits per heavy atom. The van der Waals surface area contributed by atoms with Gasteiger partial charge in [0, 0.05) is 55.9 Å². The van der Waals surface area contributed by atoms with Crippen LogP contribution in [-0.4, -0.2) is 74.2 Å². The van der Waals surface area contributed by atoms with Crippen molar-refractivity contribution in [2.75, 3.05) is 43.4 Å². The fourth-order valence-corrected chi connectivity index (χ4v) is 4.57. The Kier molecular flexibility index (Phi) is 5.57. The molecule has 1 fully saturated rings. The zero-order valence-electron chi connectivity index (χ0n) is 20.2. The summed E-state index contributed by atoms with van der Waals surface area (Å²) in [5.41, 5.74) is 6.00. The van der Waals surface area contributed by atoms with Crippen LogP contribution in [0.1, 0.15) is 13.3 Å². The predicted octanol–water partition coefficient (Wildman–Crippen LogP) is 3.66. The van der Waals surface area contributed by atoms with Gasteiger partial charge in [-0.05, 0) is 36.9 Å². The van der Waals surface area contributed by atoms with Crippen LogP contribution in [0.2, 0.25) is 0 Å². The van der Waals surface area contributed by atoms with E-state index in [1.54, 1.807) is 12.4 Å². The van der Waals surface area contributed by atoms with Crippen molar-refractivity contribution in [3.8, 4) is 22.6 Å². The summed E-state index contributed by atoms with van der Waals surface area (Å²) in [5, 5.41) is 11.5. The number of rotatable bonds is 5. The summed E-state index contributed by atoms with van der Waals surface area (Å²) >= 11 is 0. The quantitative estimate of drug-likeness (QED) is 0.350. The fraction of sp³-hybridized carbons (Fsp3) is 0.269. The van der Waals surface area contributed by atoms with Crippen LogP contribution >= 0.6 is 0 Å². The Morgan fingerprint density at radius 2 is 1.92 bits per heavy atom. The van der Waals surface area contributed by atoms with Gasteiger partial charge in [-0.2, -0.15) is 5.10 Å². The van der Waals surface area contributed by atoms with Crippen LogP contribution in [0.3, 0.4) is 0 Å². The van der Waals surface area contributed by atoms with Crippen molar-refractivity contribution in [1.82, 2.24) is 35.0 Å². The molecule has 1 amide bonds. The highest BCUT2D eigenvalue weighted by atomic mass is 16.1. The number of piperazine rings is 1. The zero-order valence-corrected chi connectivity index (χ0v) is 20.2. The smallest absolute Gasteiger partial charge is 0.224 e. The van der Waals surface area contributed by atoms with Gasteiger partial charge in [0.2, 0.25) is 5.91 Å². The molecule has 0 spiro atoms. The minimum absolute atomic E-state index is 0.0446. The van der Waals surface area contributed by atoms with E-state index in [-0.39, 0.29) is 5.91 Å². The van der Waals surface area contributed by atoms with Gasteiger partial charge in [-0.1, -0.05) is 13.0 Å². The minimum atomic E-state index is -0.0446. The maximum atomic E-state index is 11.8. The van der Waals surface area contributed by atoms with E-state index < -0.39 is 0 Å². The Bertz CT molecular complexity index is 1560. The molecule has 1 aliphatic rings. The molecule has 4 aromatic heterocycles. The number of pyridine rings is 2. The molecule has 0 bridgehead atoms. The molecule has 1 aliphatic heterocycles. The van der Waals surface area contributed by atoms with Crippen molar-refractivity contribution in [3.63, 3.8) is 0 Å². The summed E-state index contributed by atoms with van der Waals surface area (Å²) < 4.78 is 0. The van der Waals surface area contributed by atoms with Gasteiger partial charge >= 0.3 is 0 Å². The zero-order chi connectivity index (χ0) is 24.6. The standard InChI is InChI=1S/C26H27N9O/c1-3-22(36)29-18-12-17(14-27-15-18)16-4-5-20-19(13-16)23(33-32-20)25-30-21-6-7-28-26(24(21)31-25)35-10-8-34(2)9-11-35/h4-7,12-15H,3,8-11H2,1-2H3,(H,29,36)(H,30,31)(H,32,33). The highest BCUT2D eigenvalue weighted by Crippen LogP contribution is 2.32. The van der Waals surface area contributed by atoms with Gasteiger partial charge in [-0.15, -0.1) is 0 Å². The molecule has 36 heavy (non-hydrogen) atoms. The lowest BCUT2D eigenvalue weighted by Gasteiger charge is -2.33. The Hall–Kier alpha value is -4.31. The molecule has 1 aromatic carbocycles. The van der Waals surface area contributed by atoms with Crippen LogP contribution in [0.25, 0.3) is 44.6 Å². The number of carbonyl (C=O) groups is 1.